The molecule has 3 N–H and O–H groups in total. The molecule has 0 aromatic heterocycles. The minimum absolute atomic E-state index is 0.0977. The quantitative estimate of drug-likeness (QED) is 0.692. The van der Waals surface area contributed by atoms with E-state index >= 15 is 0 Å². The van der Waals surface area contributed by atoms with Gasteiger partial charge in [0.15, 0.2) is 17.3 Å². The Morgan fingerprint density at radius 2 is 1.83 bits per heavy atom. The molecule has 1 saturated carbocycles. The fourth-order valence-corrected chi connectivity index (χ4v) is 3.63. The van der Waals surface area contributed by atoms with Crippen molar-refractivity contribution >= 4 is 10.4 Å². The molecular formula is C15H20F2O6S. The van der Waals surface area contributed by atoms with Gasteiger partial charge in [-0.3, -0.25) is 4.55 Å². The van der Waals surface area contributed by atoms with Crippen LogP contribution in [0.5, 0.6) is 11.5 Å². The summed E-state index contributed by atoms with van der Waals surface area (Å²) < 4.78 is 62.3. The Labute approximate surface area is 139 Å². The molecule has 1 atom stereocenters. The van der Waals surface area contributed by atoms with Gasteiger partial charge < -0.3 is 14.4 Å². The first kappa shape index (κ1) is 18.9. The lowest BCUT2D eigenvalue weighted by atomic mass is 9.76. The number of aliphatic hydroxyl groups is 1. The van der Waals surface area contributed by atoms with Crippen molar-refractivity contribution < 1.29 is 36.1 Å². The van der Waals surface area contributed by atoms with Gasteiger partial charge in [0.25, 0.3) is 0 Å². The van der Waals surface area contributed by atoms with Gasteiger partial charge in [-0.25, -0.2) is 4.39 Å². The van der Waals surface area contributed by atoms with Crippen LogP contribution in [0.3, 0.4) is 0 Å². The summed E-state index contributed by atoms with van der Waals surface area (Å²) in [5, 5.41) is 18.9. The number of phenols is 1. The van der Waals surface area contributed by atoms with Gasteiger partial charge in [-0.15, -0.1) is 0 Å². The zero-order valence-corrected chi connectivity index (χ0v) is 13.9. The largest absolute Gasteiger partial charge is 0.502 e. The molecular weight excluding hydrogens is 346 g/mol. The van der Waals surface area contributed by atoms with Crippen LogP contribution in [0, 0.1) is 17.6 Å². The van der Waals surface area contributed by atoms with Crippen LogP contribution in [0.25, 0.3) is 0 Å². The third kappa shape index (κ3) is 4.55. The number of halogens is 2. The molecule has 1 fully saturated rings. The van der Waals surface area contributed by atoms with E-state index < -0.39 is 39.6 Å². The Morgan fingerprint density at radius 3 is 2.33 bits per heavy atom. The second-order valence-corrected chi connectivity index (χ2v) is 7.28. The normalized spacial score (nSPS) is 23.0. The Morgan fingerprint density at radius 1 is 1.25 bits per heavy atom. The van der Waals surface area contributed by atoms with Crippen LogP contribution in [0.15, 0.2) is 6.07 Å². The van der Waals surface area contributed by atoms with Crippen LogP contribution >= 0.6 is 0 Å². The molecule has 24 heavy (non-hydrogen) atoms. The smallest absolute Gasteiger partial charge is 0.446 e. The van der Waals surface area contributed by atoms with E-state index in [2.05, 4.69) is 4.18 Å². The second-order valence-electron chi connectivity index (χ2n) is 6.25. The van der Waals surface area contributed by atoms with E-state index in [-0.39, 0.29) is 11.5 Å². The number of rotatable bonds is 5. The van der Waals surface area contributed by atoms with Gasteiger partial charge in [0.2, 0.25) is 5.82 Å². The van der Waals surface area contributed by atoms with E-state index in [1.165, 1.54) is 0 Å². The van der Waals surface area contributed by atoms with E-state index in [9.17, 15) is 27.4 Å². The molecule has 1 unspecified atom stereocenters. The van der Waals surface area contributed by atoms with Gasteiger partial charge in [0.1, 0.15) is 0 Å². The number of hydrogen-bond acceptors (Lipinski definition) is 5. The molecule has 1 aliphatic rings. The summed E-state index contributed by atoms with van der Waals surface area (Å²) in [5.41, 5.74) is -0.0977. The van der Waals surface area contributed by atoms with Gasteiger partial charge in [-0.1, -0.05) is 0 Å². The first-order valence-corrected chi connectivity index (χ1v) is 9.00. The van der Waals surface area contributed by atoms with Crippen molar-refractivity contribution in [3.63, 3.8) is 0 Å². The summed E-state index contributed by atoms with van der Waals surface area (Å²) in [6.45, 7) is 1.69. The maximum atomic E-state index is 14.1. The summed E-state index contributed by atoms with van der Waals surface area (Å²) >= 11 is 0. The molecule has 0 radical (unpaired) electrons. The monoisotopic (exact) mass is 366 g/mol. The number of aromatic hydroxyl groups is 1. The molecule has 0 bridgehead atoms. The van der Waals surface area contributed by atoms with Crippen molar-refractivity contribution in [3.05, 3.63) is 23.3 Å². The number of hydrogen-bond donors (Lipinski definition) is 3. The molecule has 1 aromatic rings. The third-order valence-corrected chi connectivity index (χ3v) is 4.72. The van der Waals surface area contributed by atoms with Crippen molar-refractivity contribution in [2.75, 3.05) is 0 Å². The Kier molecular flexibility index (Phi) is 5.67. The van der Waals surface area contributed by atoms with Crippen LogP contribution in [-0.4, -0.2) is 29.3 Å². The average Bonchev–Trinajstić information content (AvgIpc) is 2.47. The molecule has 1 aliphatic carbocycles. The summed E-state index contributed by atoms with van der Waals surface area (Å²) in [7, 11) is -4.98. The Balaban J connectivity index is 2.24. The fourth-order valence-electron chi connectivity index (χ4n) is 3.28. The van der Waals surface area contributed by atoms with Gasteiger partial charge in [-0.05, 0) is 62.5 Å². The highest BCUT2D eigenvalue weighted by Gasteiger charge is 2.29. The molecule has 1 aromatic carbocycles. The Hall–Kier alpha value is -1.45. The number of benzene rings is 1. The summed E-state index contributed by atoms with van der Waals surface area (Å²) in [6, 6.07) is 0.904. The van der Waals surface area contributed by atoms with Crippen LogP contribution in [0.1, 0.15) is 50.5 Å². The van der Waals surface area contributed by atoms with Crippen molar-refractivity contribution in [1.29, 1.82) is 0 Å². The highest BCUT2D eigenvalue weighted by Crippen LogP contribution is 2.42. The maximum Gasteiger partial charge on any atom is 0.446 e. The lowest BCUT2D eigenvalue weighted by Gasteiger charge is -2.30. The predicted octanol–water partition coefficient (Wildman–Crippen LogP) is 2.90. The molecule has 136 valence electrons. The van der Waals surface area contributed by atoms with E-state index in [0.717, 1.165) is 6.07 Å². The number of aliphatic hydroxyl groups excluding tert-OH is 1. The highest BCUT2D eigenvalue weighted by atomic mass is 32.3. The molecule has 0 saturated heterocycles. The zero-order chi connectivity index (χ0) is 18.1. The van der Waals surface area contributed by atoms with E-state index in [1.807, 2.05) is 0 Å². The molecule has 0 spiro atoms. The summed E-state index contributed by atoms with van der Waals surface area (Å²) in [6.07, 6.45) is 2.70. The van der Waals surface area contributed by atoms with Crippen molar-refractivity contribution in [3.8, 4) is 11.5 Å². The standard InChI is InChI=1S/C15H20F2O6S/c1-8(18)6-9-2-4-10(5-3-9)11-7-12(23-24(20,21)22)15(19)14(17)13(11)16/h7-10,18-19H,2-6H2,1H3,(H,20,21,22). The van der Waals surface area contributed by atoms with Gasteiger partial charge in [-0.2, -0.15) is 12.8 Å². The lowest BCUT2D eigenvalue weighted by molar-refractivity contribution is 0.143. The predicted molar refractivity (Wildman–Crippen MR) is 81.2 cm³/mol. The Bertz CT molecular complexity index is 696. The van der Waals surface area contributed by atoms with E-state index in [0.29, 0.717) is 38.0 Å². The van der Waals surface area contributed by atoms with E-state index in [4.69, 9.17) is 4.55 Å². The van der Waals surface area contributed by atoms with E-state index in [1.54, 1.807) is 6.92 Å². The molecule has 0 amide bonds. The fraction of sp³-hybridized carbons (Fsp3) is 0.600. The first-order chi connectivity index (χ1) is 11.1. The van der Waals surface area contributed by atoms with Gasteiger partial charge in [0.05, 0.1) is 6.10 Å². The minimum Gasteiger partial charge on any atom is -0.502 e. The van der Waals surface area contributed by atoms with Crippen LogP contribution in [0.2, 0.25) is 0 Å². The van der Waals surface area contributed by atoms with Crippen LogP contribution in [-0.2, 0) is 10.4 Å². The number of phenolic OH excluding ortho intramolecular Hbond substituents is 1. The van der Waals surface area contributed by atoms with Crippen molar-refractivity contribution in [2.45, 2.75) is 51.0 Å². The molecule has 0 aliphatic heterocycles. The lowest BCUT2D eigenvalue weighted by Crippen LogP contribution is -2.18. The van der Waals surface area contributed by atoms with Gasteiger partial charge in [0, 0.05) is 0 Å². The van der Waals surface area contributed by atoms with Crippen LogP contribution in [0.4, 0.5) is 8.78 Å². The molecule has 2 rings (SSSR count). The average molecular weight is 366 g/mol. The summed E-state index contributed by atoms with van der Waals surface area (Å²) in [4.78, 5) is 0. The SMILES string of the molecule is CC(O)CC1CCC(c2cc(OS(=O)(=O)O)c(O)c(F)c2F)CC1. The molecule has 6 nitrogen and oxygen atoms in total. The molecule has 9 heteroatoms. The first-order valence-electron chi connectivity index (χ1n) is 7.64. The maximum absolute atomic E-state index is 14.1. The minimum atomic E-state index is -4.98. The topological polar surface area (TPSA) is 104 Å². The van der Waals surface area contributed by atoms with Crippen molar-refractivity contribution in [2.24, 2.45) is 5.92 Å². The molecule has 0 heterocycles. The van der Waals surface area contributed by atoms with Crippen molar-refractivity contribution in [1.82, 2.24) is 0 Å². The third-order valence-electron chi connectivity index (χ3n) is 4.33. The van der Waals surface area contributed by atoms with Gasteiger partial charge >= 0.3 is 10.4 Å². The zero-order valence-electron chi connectivity index (χ0n) is 13.1. The van der Waals surface area contributed by atoms with Crippen LogP contribution < -0.4 is 4.18 Å². The highest BCUT2D eigenvalue weighted by molar-refractivity contribution is 7.81. The summed E-state index contributed by atoms with van der Waals surface area (Å²) in [5.74, 6) is -5.10. The second kappa shape index (κ2) is 7.20.